The van der Waals surface area contributed by atoms with E-state index in [4.69, 9.17) is 11.0 Å². The first-order valence-corrected chi connectivity index (χ1v) is 6.31. The lowest BCUT2D eigenvalue weighted by Gasteiger charge is -2.45. The van der Waals surface area contributed by atoms with Crippen LogP contribution in [-0.4, -0.2) is 35.4 Å². The Balaban J connectivity index is 1.97. The molecule has 18 heavy (non-hydrogen) atoms. The molecule has 1 heterocycles. The van der Waals surface area contributed by atoms with Gasteiger partial charge in [-0.1, -0.05) is 19.3 Å². The Labute approximate surface area is 105 Å². The van der Waals surface area contributed by atoms with Crippen molar-refractivity contribution >= 4 is 5.91 Å². The number of nitrogens with two attached hydrogens (primary N) is 1. The quantitative estimate of drug-likeness (QED) is 0.809. The maximum atomic E-state index is 13.1. The number of alkyl halides is 2. The van der Waals surface area contributed by atoms with Crippen LogP contribution < -0.4 is 5.73 Å². The predicted octanol–water partition coefficient (Wildman–Crippen LogP) is 1.26. The van der Waals surface area contributed by atoms with Crippen molar-refractivity contribution in [3.8, 4) is 6.07 Å². The molecular weight excluding hydrogens is 240 g/mol. The second-order valence-electron chi connectivity index (χ2n) is 5.18. The van der Waals surface area contributed by atoms with Crippen LogP contribution in [0.5, 0.6) is 0 Å². The van der Waals surface area contributed by atoms with Gasteiger partial charge >= 0.3 is 0 Å². The fourth-order valence-electron chi connectivity index (χ4n) is 2.78. The summed E-state index contributed by atoms with van der Waals surface area (Å²) in [7, 11) is 0. The van der Waals surface area contributed by atoms with Crippen LogP contribution >= 0.6 is 0 Å². The maximum absolute atomic E-state index is 13.1. The first kappa shape index (κ1) is 13.2. The third-order valence-electron chi connectivity index (χ3n) is 3.94. The number of hydrogen-bond acceptors (Lipinski definition) is 3. The molecule has 2 rings (SSSR count). The molecule has 1 unspecified atom stereocenters. The zero-order chi connectivity index (χ0) is 13.3. The van der Waals surface area contributed by atoms with Gasteiger partial charge in [0.15, 0.2) is 6.04 Å². The number of amides is 1. The Morgan fingerprint density at radius 3 is 2.50 bits per heavy atom. The molecule has 100 valence electrons. The van der Waals surface area contributed by atoms with Gasteiger partial charge in [-0.25, -0.2) is 8.78 Å². The zero-order valence-electron chi connectivity index (χ0n) is 10.1. The van der Waals surface area contributed by atoms with Crippen molar-refractivity contribution in [2.45, 2.75) is 50.1 Å². The Kier molecular flexibility index (Phi) is 3.53. The summed E-state index contributed by atoms with van der Waals surface area (Å²) in [5.41, 5.74) is 5.86. The van der Waals surface area contributed by atoms with Crippen LogP contribution in [0, 0.1) is 17.2 Å². The highest BCUT2D eigenvalue weighted by atomic mass is 19.3. The lowest BCUT2D eigenvalue weighted by atomic mass is 9.83. The number of nitrogens with zero attached hydrogens (tertiary/aromatic N) is 2. The highest BCUT2D eigenvalue weighted by Gasteiger charge is 2.58. The molecule has 2 N–H and O–H groups in total. The third kappa shape index (κ3) is 2.19. The van der Waals surface area contributed by atoms with Crippen LogP contribution in [0.1, 0.15) is 32.1 Å². The summed E-state index contributed by atoms with van der Waals surface area (Å²) in [5.74, 6) is -3.52. The van der Waals surface area contributed by atoms with Crippen molar-refractivity contribution < 1.29 is 13.6 Å². The Morgan fingerprint density at radius 1 is 1.39 bits per heavy atom. The summed E-state index contributed by atoms with van der Waals surface area (Å²) in [5, 5.41) is 8.67. The number of likely N-dealkylation sites (tertiary alicyclic amines) is 1. The van der Waals surface area contributed by atoms with Crippen LogP contribution in [-0.2, 0) is 4.79 Å². The molecule has 0 aromatic carbocycles. The van der Waals surface area contributed by atoms with Gasteiger partial charge < -0.3 is 10.6 Å². The second kappa shape index (κ2) is 4.81. The van der Waals surface area contributed by atoms with Crippen molar-refractivity contribution in [1.82, 2.24) is 4.90 Å². The van der Waals surface area contributed by atoms with Gasteiger partial charge in [0, 0.05) is 0 Å². The normalized spacial score (nSPS) is 29.2. The molecule has 1 saturated carbocycles. The molecule has 1 aliphatic carbocycles. The first-order chi connectivity index (χ1) is 8.47. The number of carbonyl (C=O) groups excluding carboxylic acids is 1. The minimum atomic E-state index is -3.09. The Morgan fingerprint density at radius 2 is 2.00 bits per heavy atom. The third-order valence-corrected chi connectivity index (χ3v) is 3.94. The van der Waals surface area contributed by atoms with Gasteiger partial charge in [0.25, 0.3) is 5.92 Å². The standard InChI is InChI=1S/C12H17F2N3O/c13-12(14)7-17(9(12)6-15)11(18)10(16)8-4-2-1-3-5-8/h8-10H,1-5,7,16H2/t9?,10-/m0/s1. The van der Waals surface area contributed by atoms with E-state index in [1.54, 1.807) is 0 Å². The van der Waals surface area contributed by atoms with Gasteiger partial charge in [0.1, 0.15) is 0 Å². The molecule has 2 aliphatic rings. The van der Waals surface area contributed by atoms with Crippen LogP contribution in [0.25, 0.3) is 0 Å². The average molecular weight is 257 g/mol. The predicted molar refractivity (Wildman–Crippen MR) is 60.6 cm³/mol. The smallest absolute Gasteiger partial charge is 0.298 e. The van der Waals surface area contributed by atoms with E-state index >= 15 is 0 Å². The number of rotatable bonds is 2. The fourth-order valence-corrected chi connectivity index (χ4v) is 2.78. The molecule has 1 amide bonds. The highest BCUT2D eigenvalue weighted by molar-refractivity contribution is 5.84. The van der Waals surface area contributed by atoms with E-state index in [1.165, 1.54) is 6.07 Å². The molecule has 2 fully saturated rings. The molecule has 0 spiro atoms. The van der Waals surface area contributed by atoms with Gasteiger partial charge in [-0.15, -0.1) is 0 Å². The monoisotopic (exact) mass is 257 g/mol. The van der Waals surface area contributed by atoms with Gasteiger partial charge in [0.05, 0.1) is 18.7 Å². The van der Waals surface area contributed by atoms with Gasteiger partial charge in [-0.2, -0.15) is 5.26 Å². The minimum absolute atomic E-state index is 0.0693. The van der Waals surface area contributed by atoms with Crippen molar-refractivity contribution in [2.75, 3.05) is 6.54 Å². The number of nitriles is 1. The van der Waals surface area contributed by atoms with E-state index in [9.17, 15) is 13.6 Å². The van der Waals surface area contributed by atoms with Gasteiger partial charge in [-0.3, -0.25) is 4.79 Å². The first-order valence-electron chi connectivity index (χ1n) is 6.31. The molecule has 0 radical (unpaired) electrons. The van der Waals surface area contributed by atoms with Crippen LogP contribution in [0.3, 0.4) is 0 Å². The average Bonchev–Trinajstić information content (AvgIpc) is 2.36. The van der Waals surface area contributed by atoms with Crippen LogP contribution in [0.2, 0.25) is 0 Å². The van der Waals surface area contributed by atoms with Crippen LogP contribution in [0.15, 0.2) is 0 Å². The summed E-state index contributed by atoms with van der Waals surface area (Å²) in [4.78, 5) is 12.9. The summed E-state index contributed by atoms with van der Waals surface area (Å²) < 4.78 is 26.1. The van der Waals surface area contributed by atoms with Crippen molar-refractivity contribution in [3.05, 3.63) is 0 Å². The summed E-state index contributed by atoms with van der Waals surface area (Å²) in [6.07, 6.45) is 4.94. The molecule has 2 atom stereocenters. The van der Waals surface area contributed by atoms with Crippen LogP contribution in [0.4, 0.5) is 8.78 Å². The van der Waals surface area contributed by atoms with Crippen molar-refractivity contribution in [3.63, 3.8) is 0 Å². The number of halogens is 2. The van der Waals surface area contributed by atoms with E-state index in [-0.39, 0.29) is 5.92 Å². The molecule has 1 saturated heterocycles. The minimum Gasteiger partial charge on any atom is -0.320 e. The van der Waals surface area contributed by atoms with Crippen molar-refractivity contribution in [1.29, 1.82) is 5.26 Å². The fraction of sp³-hybridized carbons (Fsp3) is 0.833. The summed E-state index contributed by atoms with van der Waals surface area (Å²) >= 11 is 0. The van der Waals surface area contributed by atoms with Gasteiger partial charge in [-0.05, 0) is 18.8 Å². The molecule has 0 bridgehead atoms. The molecule has 0 aromatic heterocycles. The molecule has 4 nitrogen and oxygen atoms in total. The van der Waals surface area contributed by atoms with Gasteiger partial charge in [0.2, 0.25) is 5.91 Å². The van der Waals surface area contributed by atoms with E-state index in [2.05, 4.69) is 0 Å². The van der Waals surface area contributed by atoms with E-state index in [0.717, 1.165) is 37.0 Å². The van der Waals surface area contributed by atoms with E-state index in [0.29, 0.717) is 0 Å². The topological polar surface area (TPSA) is 70.1 Å². The summed E-state index contributed by atoms with van der Waals surface area (Å²) in [6, 6.07) is -0.898. The molecule has 1 aliphatic heterocycles. The molecular formula is C12H17F2N3O. The zero-order valence-corrected chi connectivity index (χ0v) is 10.1. The Bertz CT molecular complexity index is 374. The molecule has 0 aromatic rings. The summed E-state index contributed by atoms with van der Waals surface area (Å²) in [6.45, 7) is -0.676. The SMILES string of the molecule is N#CC1N(C(=O)[C@@H](N)C2CCCCC2)CC1(F)F. The highest BCUT2D eigenvalue weighted by Crippen LogP contribution is 2.36. The number of hydrogen-bond donors (Lipinski definition) is 1. The largest absolute Gasteiger partial charge is 0.320 e. The lowest BCUT2D eigenvalue weighted by molar-refractivity contribution is -0.183. The number of carbonyl (C=O) groups is 1. The lowest BCUT2D eigenvalue weighted by Crippen LogP contribution is -2.69. The van der Waals surface area contributed by atoms with Crippen molar-refractivity contribution in [2.24, 2.45) is 11.7 Å². The van der Waals surface area contributed by atoms with E-state index < -0.39 is 30.5 Å². The Hall–Kier alpha value is -1.22. The maximum Gasteiger partial charge on any atom is 0.298 e. The second-order valence-corrected chi connectivity index (χ2v) is 5.18. The molecule has 6 heteroatoms. The van der Waals surface area contributed by atoms with E-state index in [1.807, 2.05) is 0 Å².